The normalized spacial score (nSPS) is 19.6. The number of carbonyl (C=O) groups is 1. The van der Waals surface area contributed by atoms with Gasteiger partial charge >= 0.3 is 12.0 Å². The van der Waals surface area contributed by atoms with Crippen LogP contribution in [0.15, 0.2) is 66.9 Å². The molecule has 11 nitrogen and oxygen atoms in total. The zero-order valence-electron chi connectivity index (χ0n) is 30.8. The van der Waals surface area contributed by atoms with E-state index in [1.165, 1.54) is 13.5 Å². The molecule has 3 fully saturated rings. The lowest BCUT2D eigenvalue weighted by Crippen LogP contribution is -2.51. The molecule has 3 aliphatic heterocycles. The fourth-order valence-electron chi connectivity index (χ4n) is 7.70. The number of likely N-dealkylation sites (N-methyl/N-ethyl adjacent to an activating group) is 1. The molecule has 5 aromatic rings. The van der Waals surface area contributed by atoms with Crippen molar-refractivity contribution in [3.05, 3.63) is 83.8 Å². The Hall–Kier alpha value is -4.91. The van der Waals surface area contributed by atoms with Gasteiger partial charge in [0.15, 0.2) is 12.6 Å². The van der Waals surface area contributed by atoms with Crippen LogP contribution in [0.4, 0.5) is 10.2 Å². The Morgan fingerprint density at radius 3 is 2.49 bits per heavy atom. The Kier molecular flexibility index (Phi) is 11.3. The molecule has 3 atom stereocenters. The molecule has 12 heteroatoms. The summed E-state index contributed by atoms with van der Waals surface area (Å²) in [4.78, 5) is 29.9. The standard InChI is InChI=1S/C28H30FN5O3.C13H17NO2/c1-4-16-6-5-7-17-10-20(37-15-35-2)11-21(23(16)17)25-24(29)26-22(12-30-25)27(33-28(32-26)36-3)34-13-18-8-9-19(14-34)31-18;1-14-9-5-8-12(14)10-16-13(15)11-6-3-2-4-7-11/h5-7,10-12,18-19,31H,4,8-9,13-15H2,1-3H3;2-4,6-7,12H,5,8-10H2,1H3. The van der Waals surface area contributed by atoms with E-state index < -0.39 is 5.82 Å². The molecule has 3 unspecified atom stereocenters. The van der Waals surface area contributed by atoms with Gasteiger partial charge < -0.3 is 34.1 Å². The molecule has 0 aliphatic carbocycles. The minimum absolute atomic E-state index is 0.0898. The first-order valence-electron chi connectivity index (χ1n) is 18.4. The van der Waals surface area contributed by atoms with Crippen molar-refractivity contribution in [3.8, 4) is 23.0 Å². The number of esters is 1. The number of pyridine rings is 1. The van der Waals surface area contributed by atoms with Gasteiger partial charge in [0, 0.05) is 50.1 Å². The van der Waals surface area contributed by atoms with Crippen LogP contribution in [0.2, 0.25) is 0 Å². The monoisotopic (exact) mass is 722 g/mol. The molecule has 0 saturated carbocycles. The molecule has 2 bridgehead atoms. The number of nitrogens with one attached hydrogen (secondary N) is 1. The lowest BCUT2D eigenvalue weighted by atomic mass is 9.95. The number of hydrogen-bond donors (Lipinski definition) is 1. The van der Waals surface area contributed by atoms with Crippen LogP contribution < -0.4 is 19.7 Å². The molecule has 0 spiro atoms. The van der Waals surface area contributed by atoms with E-state index in [0.29, 0.717) is 52.8 Å². The molecule has 3 aromatic carbocycles. The lowest BCUT2D eigenvalue weighted by molar-refractivity contribution is 0.0416. The second kappa shape index (κ2) is 16.4. The van der Waals surface area contributed by atoms with Gasteiger partial charge in [-0.25, -0.2) is 9.18 Å². The highest BCUT2D eigenvalue weighted by Gasteiger charge is 2.34. The Bertz CT molecular complexity index is 2050. The number of carbonyl (C=O) groups excluding carboxylic acids is 1. The van der Waals surface area contributed by atoms with Gasteiger partial charge in [0.1, 0.15) is 29.4 Å². The van der Waals surface area contributed by atoms with Crippen molar-refractivity contribution in [2.24, 2.45) is 0 Å². The summed E-state index contributed by atoms with van der Waals surface area (Å²) in [5.41, 5.74) is 2.80. The number of methoxy groups -OCH3 is 2. The van der Waals surface area contributed by atoms with Crippen molar-refractivity contribution < 1.29 is 28.1 Å². The number of ether oxygens (including phenoxy) is 4. The van der Waals surface area contributed by atoms with Crippen LogP contribution in [0.25, 0.3) is 32.9 Å². The molecule has 278 valence electrons. The number of benzene rings is 3. The summed E-state index contributed by atoms with van der Waals surface area (Å²) in [7, 11) is 5.15. The van der Waals surface area contributed by atoms with Gasteiger partial charge in [0.25, 0.3) is 0 Å². The van der Waals surface area contributed by atoms with Crippen LogP contribution in [0.1, 0.15) is 48.5 Å². The third-order valence-corrected chi connectivity index (χ3v) is 10.4. The van der Waals surface area contributed by atoms with Crippen molar-refractivity contribution >= 4 is 33.5 Å². The maximum atomic E-state index is 16.4. The third-order valence-electron chi connectivity index (χ3n) is 10.4. The second-order valence-corrected chi connectivity index (χ2v) is 13.9. The van der Waals surface area contributed by atoms with E-state index in [9.17, 15) is 4.79 Å². The Morgan fingerprint density at radius 1 is 1.00 bits per heavy atom. The fraction of sp³-hybridized carbons (Fsp3) is 0.415. The smallest absolute Gasteiger partial charge is 0.338 e. The average molecular weight is 723 g/mol. The van der Waals surface area contributed by atoms with Crippen molar-refractivity contribution in [1.29, 1.82) is 0 Å². The van der Waals surface area contributed by atoms with Gasteiger partial charge in [0.05, 0.1) is 18.1 Å². The molecular formula is C41H47FN6O5. The van der Waals surface area contributed by atoms with E-state index in [4.69, 9.17) is 18.9 Å². The first-order valence-corrected chi connectivity index (χ1v) is 18.4. The summed E-state index contributed by atoms with van der Waals surface area (Å²) in [5.74, 6) is 0.514. The van der Waals surface area contributed by atoms with Gasteiger partial charge in [-0.15, -0.1) is 0 Å². The Labute approximate surface area is 309 Å². The minimum Gasteiger partial charge on any atom is -0.468 e. The molecule has 3 saturated heterocycles. The molecule has 2 aromatic heterocycles. The number of nitrogens with zero attached hydrogens (tertiary/aromatic N) is 5. The van der Waals surface area contributed by atoms with Crippen molar-refractivity contribution in [2.45, 2.75) is 57.2 Å². The van der Waals surface area contributed by atoms with E-state index in [1.54, 1.807) is 25.4 Å². The average Bonchev–Trinajstić information content (AvgIpc) is 3.77. The fourth-order valence-corrected chi connectivity index (χ4v) is 7.70. The van der Waals surface area contributed by atoms with Crippen LogP contribution in [-0.4, -0.2) is 98.2 Å². The van der Waals surface area contributed by atoms with E-state index in [-0.39, 0.29) is 30.0 Å². The molecule has 5 heterocycles. The predicted molar refractivity (Wildman–Crippen MR) is 203 cm³/mol. The summed E-state index contributed by atoms with van der Waals surface area (Å²) >= 11 is 0. The quantitative estimate of drug-likeness (QED) is 0.127. The number of rotatable bonds is 10. The Balaban J connectivity index is 0.000000227. The van der Waals surface area contributed by atoms with Gasteiger partial charge in [-0.3, -0.25) is 4.98 Å². The molecule has 0 amide bonds. The molecule has 53 heavy (non-hydrogen) atoms. The lowest BCUT2D eigenvalue weighted by Gasteiger charge is -2.34. The molecule has 8 rings (SSSR count). The predicted octanol–water partition coefficient (Wildman–Crippen LogP) is 6.42. The van der Waals surface area contributed by atoms with Gasteiger partial charge in [-0.2, -0.15) is 9.97 Å². The number of likely N-dealkylation sites (tertiary alicyclic amines) is 1. The summed E-state index contributed by atoms with van der Waals surface area (Å²) < 4.78 is 38.0. The first-order chi connectivity index (χ1) is 25.9. The van der Waals surface area contributed by atoms with E-state index in [2.05, 4.69) is 50.1 Å². The highest BCUT2D eigenvalue weighted by Crippen LogP contribution is 2.39. The van der Waals surface area contributed by atoms with Crippen LogP contribution in [0.5, 0.6) is 11.8 Å². The summed E-state index contributed by atoms with van der Waals surface area (Å²) in [6.07, 6.45) is 7.07. The second-order valence-electron chi connectivity index (χ2n) is 13.9. The maximum Gasteiger partial charge on any atom is 0.338 e. The molecular weight excluding hydrogens is 675 g/mol. The van der Waals surface area contributed by atoms with E-state index >= 15 is 4.39 Å². The highest BCUT2D eigenvalue weighted by molar-refractivity contribution is 6.01. The number of aromatic nitrogens is 3. The number of piperazine rings is 1. The third kappa shape index (κ3) is 7.90. The van der Waals surface area contributed by atoms with Crippen LogP contribution >= 0.6 is 0 Å². The van der Waals surface area contributed by atoms with Crippen molar-refractivity contribution in [3.63, 3.8) is 0 Å². The highest BCUT2D eigenvalue weighted by atomic mass is 19.1. The molecule has 3 aliphatic rings. The Morgan fingerprint density at radius 2 is 1.79 bits per heavy atom. The molecule has 1 N–H and O–H groups in total. The van der Waals surface area contributed by atoms with Gasteiger partial charge in [0.2, 0.25) is 0 Å². The molecule has 0 radical (unpaired) electrons. The summed E-state index contributed by atoms with van der Waals surface area (Å²) in [6, 6.07) is 20.3. The minimum atomic E-state index is -0.506. The largest absolute Gasteiger partial charge is 0.468 e. The van der Waals surface area contributed by atoms with Crippen LogP contribution in [0.3, 0.4) is 0 Å². The summed E-state index contributed by atoms with van der Waals surface area (Å²) in [5, 5.41) is 6.10. The topological polar surface area (TPSA) is 111 Å². The number of anilines is 1. The number of halogens is 1. The maximum absolute atomic E-state index is 16.4. The van der Waals surface area contributed by atoms with E-state index in [1.807, 2.05) is 42.5 Å². The van der Waals surface area contributed by atoms with Crippen molar-refractivity contribution in [1.82, 2.24) is 25.2 Å². The first kappa shape index (κ1) is 36.4. The number of aryl methyl sites for hydroxylation is 1. The van der Waals surface area contributed by atoms with Crippen LogP contribution in [0, 0.1) is 5.82 Å². The van der Waals surface area contributed by atoms with Crippen molar-refractivity contribution in [2.75, 3.05) is 59.2 Å². The van der Waals surface area contributed by atoms with Crippen LogP contribution in [-0.2, 0) is 15.9 Å². The SMILES string of the molecule is CCc1cccc2cc(OCOC)cc(-c3ncc4c(N5CC6CCC(C5)N6)nc(OC)nc4c3F)c12.CN1CCCC1COC(=O)c1ccccc1. The number of hydrogen-bond acceptors (Lipinski definition) is 11. The zero-order chi connectivity index (χ0) is 36.9. The van der Waals surface area contributed by atoms with E-state index in [0.717, 1.165) is 61.7 Å². The zero-order valence-corrected chi connectivity index (χ0v) is 30.8. The number of fused-ring (bicyclic) bond motifs is 4. The van der Waals surface area contributed by atoms with Gasteiger partial charge in [-0.05, 0) is 86.3 Å². The van der Waals surface area contributed by atoms with Gasteiger partial charge in [-0.1, -0.05) is 43.3 Å². The summed E-state index contributed by atoms with van der Waals surface area (Å²) in [6.45, 7) is 5.39.